The molecule has 0 aliphatic carbocycles. The van der Waals surface area contributed by atoms with Gasteiger partial charge in [0.2, 0.25) is 0 Å². The van der Waals surface area contributed by atoms with Crippen LogP contribution in [0.3, 0.4) is 0 Å². The van der Waals surface area contributed by atoms with Crippen molar-refractivity contribution in [2.75, 3.05) is 0 Å². The second kappa shape index (κ2) is 12.8. The van der Waals surface area contributed by atoms with Gasteiger partial charge in [-0.05, 0) is 81.3 Å². The predicted molar refractivity (Wildman–Crippen MR) is 144 cm³/mol. The third kappa shape index (κ3) is 8.09. The van der Waals surface area contributed by atoms with Crippen molar-refractivity contribution < 1.29 is 39.2 Å². The molecule has 0 spiro atoms. The topological polar surface area (TPSA) is 130 Å². The summed E-state index contributed by atoms with van der Waals surface area (Å²) < 4.78 is 11.4. The lowest BCUT2D eigenvalue weighted by atomic mass is 9.78. The minimum absolute atomic E-state index is 0.0628. The highest BCUT2D eigenvalue weighted by Gasteiger charge is 2.23. The molecule has 3 aromatic rings. The summed E-state index contributed by atoms with van der Waals surface area (Å²) in [5.41, 5.74) is 1.23. The molecule has 0 atom stereocenters. The van der Waals surface area contributed by atoms with Crippen LogP contribution in [0, 0.1) is 0 Å². The van der Waals surface area contributed by atoms with Crippen molar-refractivity contribution in [1.82, 2.24) is 0 Å². The van der Waals surface area contributed by atoms with Crippen LogP contribution in [0.15, 0.2) is 66.7 Å². The molecule has 3 rings (SSSR count). The molecule has 8 heteroatoms. The quantitative estimate of drug-likeness (QED) is 0.296. The highest BCUT2D eigenvalue weighted by molar-refractivity contribution is 6.03. The maximum atomic E-state index is 10.6. The molecule has 0 aliphatic heterocycles. The number of hydrogen-bond donors (Lipinski definition) is 3. The molecule has 202 valence electrons. The van der Waals surface area contributed by atoms with Gasteiger partial charge in [0.25, 0.3) is 0 Å². The van der Waals surface area contributed by atoms with E-state index >= 15 is 0 Å². The monoisotopic (exact) mass is 522 g/mol. The van der Waals surface area contributed by atoms with Gasteiger partial charge < -0.3 is 24.8 Å². The van der Waals surface area contributed by atoms with Crippen LogP contribution in [-0.2, 0) is 5.41 Å². The third-order valence-corrected chi connectivity index (χ3v) is 5.62. The maximum absolute atomic E-state index is 10.6. The van der Waals surface area contributed by atoms with E-state index in [1.165, 1.54) is 11.1 Å². The lowest BCUT2D eigenvalue weighted by Gasteiger charge is -2.26. The van der Waals surface area contributed by atoms with Crippen molar-refractivity contribution in [3.8, 4) is 11.5 Å². The first kappa shape index (κ1) is 29.9. The first-order chi connectivity index (χ1) is 17.7. The lowest BCUT2D eigenvalue weighted by Crippen LogP contribution is -2.19. The summed E-state index contributed by atoms with van der Waals surface area (Å²) in [5.74, 6) is -2.37. The van der Waals surface area contributed by atoms with Crippen LogP contribution in [-0.4, -0.2) is 45.4 Å². The normalized spacial score (nSPS) is 10.9. The minimum Gasteiger partial charge on any atom is -0.491 e. The molecule has 3 N–H and O–H groups in total. The molecule has 38 heavy (non-hydrogen) atoms. The van der Waals surface area contributed by atoms with Gasteiger partial charge in [-0.3, -0.25) is 0 Å². The fraction of sp³-hybridized carbons (Fsp3) is 0.300. The third-order valence-electron chi connectivity index (χ3n) is 5.62. The van der Waals surface area contributed by atoms with E-state index in [1.807, 2.05) is 52.0 Å². The maximum Gasteiger partial charge on any atom is 0.336 e. The Morgan fingerprint density at radius 3 is 1.32 bits per heavy atom. The van der Waals surface area contributed by atoms with Crippen molar-refractivity contribution in [2.45, 2.75) is 59.2 Å². The van der Waals surface area contributed by atoms with E-state index in [2.05, 4.69) is 38.1 Å². The van der Waals surface area contributed by atoms with Gasteiger partial charge in [0, 0.05) is 5.41 Å². The molecule has 0 bridgehead atoms. The number of aromatic carboxylic acids is 3. The predicted octanol–water partition coefficient (Wildman–Crippen LogP) is 6.37. The Kier molecular flexibility index (Phi) is 10.0. The van der Waals surface area contributed by atoms with E-state index in [0.29, 0.717) is 0 Å². The van der Waals surface area contributed by atoms with Gasteiger partial charge in [-0.15, -0.1) is 0 Å². The van der Waals surface area contributed by atoms with E-state index in [4.69, 9.17) is 24.8 Å². The second-order valence-corrected chi connectivity index (χ2v) is 9.68. The van der Waals surface area contributed by atoms with Gasteiger partial charge in [-0.1, -0.05) is 38.1 Å². The summed E-state index contributed by atoms with van der Waals surface area (Å²) in [6.07, 6.45) is 0.393. The number of carbonyl (C=O) groups is 3. The number of carboxylic acids is 3. The van der Waals surface area contributed by atoms with E-state index in [0.717, 1.165) is 29.7 Å². The van der Waals surface area contributed by atoms with Crippen molar-refractivity contribution in [1.29, 1.82) is 0 Å². The van der Waals surface area contributed by atoms with Gasteiger partial charge in [0.1, 0.15) is 11.5 Å². The number of carboxylic acid groups (broad SMARTS) is 3. The van der Waals surface area contributed by atoms with Crippen molar-refractivity contribution in [2.24, 2.45) is 0 Å². The van der Waals surface area contributed by atoms with Gasteiger partial charge in [-0.2, -0.15) is 0 Å². The number of ether oxygens (including phenoxy) is 2. The molecule has 0 radical (unpaired) electrons. The van der Waals surface area contributed by atoms with Crippen LogP contribution in [0.1, 0.15) is 83.7 Å². The van der Waals surface area contributed by atoms with Gasteiger partial charge in [0.15, 0.2) is 0 Å². The van der Waals surface area contributed by atoms with Gasteiger partial charge in [0.05, 0.1) is 28.9 Å². The Hall–Kier alpha value is -4.33. The lowest BCUT2D eigenvalue weighted by molar-refractivity contribution is 0.0649. The molecule has 0 unspecified atom stereocenters. The summed E-state index contributed by atoms with van der Waals surface area (Å²) in [6, 6.07) is 19.6. The van der Waals surface area contributed by atoms with Crippen LogP contribution in [0.4, 0.5) is 0 Å². The molecule has 0 amide bonds. The fourth-order valence-electron chi connectivity index (χ4n) is 3.65. The Morgan fingerprint density at radius 2 is 1.00 bits per heavy atom. The first-order valence-electron chi connectivity index (χ1n) is 12.1. The molecule has 3 aromatic carbocycles. The van der Waals surface area contributed by atoms with Crippen molar-refractivity contribution in [3.05, 3.63) is 94.5 Å². The molecular formula is C30H34O8. The molecule has 8 nitrogen and oxygen atoms in total. The Bertz CT molecular complexity index is 1200. The number of rotatable bonds is 9. The van der Waals surface area contributed by atoms with E-state index in [-0.39, 0.29) is 23.2 Å². The van der Waals surface area contributed by atoms with E-state index < -0.39 is 29.0 Å². The zero-order valence-corrected chi connectivity index (χ0v) is 22.4. The fourth-order valence-corrected chi connectivity index (χ4v) is 3.65. The van der Waals surface area contributed by atoms with E-state index in [9.17, 15) is 14.4 Å². The summed E-state index contributed by atoms with van der Waals surface area (Å²) in [5, 5.41) is 25.9. The van der Waals surface area contributed by atoms with Crippen LogP contribution in [0.2, 0.25) is 0 Å². The molecule has 0 saturated carbocycles. The summed E-state index contributed by atoms with van der Waals surface area (Å²) in [7, 11) is 0. The summed E-state index contributed by atoms with van der Waals surface area (Å²) in [6.45, 7) is 12.6. The van der Waals surface area contributed by atoms with Crippen molar-refractivity contribution >= 4 is 17.9 Å². The average molecular weight is 523 g/mol. The van der Waals surface area contributed by atoms with Gasteiger partial charge in [-0.25, -0.2) is 14.4 Å². The molecule has 0 fully saturated rings. The molecule has 0 saturated heterocycles. The highest BCUT2D eigenvalue weighted by atomic mass is 16.5. The average Bonchev–Trinajstić information content (AvgIpc) is 2.84. The molecule has 0 aliphatic rings. The van der Waals surface area contributed by atoms with Gasteiger partial charge >= 0.3 is 17.9 Å². The summed E-state index contributed by atoms with van der Waals surface area (Å²) in [4.78, 5) is 31.8. The standard InChI is InChI=1S/C21H28O2.C9H6O6/c1-15(2)22-19-11-7-17(8-12-19)21(5,6)18-9-13-20(14-10-18)23-16(3)4;10-7(11)4-1-2-5(8(12)13)6(3-4)9(14)15/h7-16H,1-6H3;1-3H,(H,10,11)(H,12,13)(H,14,15). The van der Waals surface area contributed by atoms with Crippen LogP contribution in [0.25, 0.3) is 0 Å². The molecular weight excluding hydrogens is 488 g/mol. The minimum atomic E-state index is -1.48. The Balaban J connectivity index is 0.000000293. The second-order valence-electron chi connectivity index (χ2n) is 9.68. The van der Waals surface area contributed by atoms with Crippen LogP contribution in [0.5, 0.6) is 11.5 Å². The largest absolute Gasteiger partial charge is 0.491 e. The Morgan fingerprint density at radius 1 is 0.605 bits per heavy atom. The number of hydrogen-bond acceptors (Lipinski definition) is 5. The first-order valence-corrected chi connectivity index (χ1v) is 12.1. The SMILES string of the molecule is CC(C)Oc1ccc(C(C)(C)c2ccc(OC(C)C)cc2)cc1.O=C(O)c1ccc(C(=O)O)c(C(=O)O)c1. The molecule has 0 aromatic heterocycles. The zero-order chi connectivity index (χ0) is 28.6. The van der Waals surface area contributed by atoms with E-state index in [1.54, 1.807) is 0 Å². The van der Waals surface area contributed by atoms with Crippen LogP contribution < -0.4 is 9.47 Å². The summed E-state index contributed by atoms with van der Waals surface area (Å²) >= 11 is 0. The Labute approximate surface area is 222 Å². The zero-order valence-electron chi connectivity index (χ0n) is 22.4. The molecule has 0 heterocycles. The smallest absolute Gasteiger partial charge is 0.336 e. The van der Waals surface area contributed by atoms with Crippen LogP contribution >= 0.6 is 0 Å². The number of benzene rings is 3. The van der Waals surface area contributed by atoms with Crippen molar-refractivity contribution in [3.63, 3.8) is 0 Å². The highest BCUT2D eigenvalue weighted by Crippen LogP contribution is 2.33.